The Balaban J connectivity index is 1.74. The second kappa shape index (κ2) is 15.0. The minimum absolute atomic E-state index is 0.0180. The third kappa shape index (κ3) is 8.37. The minimum atomic E-state index is -4.26. The monoisotopic (exact) mass is 683 g/mol. The van der Waals surface area contributed by atoms with E-state index in [0.29, 0.717) is 25.7 Å². The summed E-state index contributed by atoms with van der Waals surface area (Å²) in [4.78, 5) is 29.2. The van der Waals surface area contributed by atoms with Crippen LogP contribution >= 0.6 is 46.4 Å². The molecule has 0 radical (unpaired) electrons. The number of carbonyl (C=O) groups excluding carboxylic acids is 2. The highest BCUT2D eigenvalue weighted by molar-refractivity contribution is 7.92. The largest absolute Gasteiger partial charge is 0.352 e. The molecule has 1 aliphatic rings. The lowest BCUT2D eigenvalue weighted by Gasteiger charge is -2.34. The van der Waals surface area contributed by atoms with E-state index in [4.69, 9.17) is 46.4 Å². The average Bonchev–Trinajstić information content (AvgIpc) is 2.97. The lowest BCUT2D eigenvalue weighted by atomic mass is 9.95. The molecule has 0 unspecified atom stereocenters. The SMILES string of the molecule is CC[C@@H](C(=O)NC1CCCCC1)N(Cc1c(Cl)cccc1Cl)C(=O)CN(c1cccc(Cl)c1)S(=O)(=O)c1ccc(Cl)cc1. The first kappa shape index (κ1) is 33.4. The highest BCUT2D eigenvalue weighted by atomic mass is 35.5. The second-order valence-corrected chi connectivity index (χ2v) is 14.0. The number of rotatable bonds is 11. The maximum Gasteiger partial charge on any atom is 0.264 e. The first-order valence-corrected chi connectivity index (χ1v) is 17.0. The molecule has 0 spiro atoms. The van der Waals surface area contributed by atoms with Crippen molar-refractivity contribution in [2.24, 2.45) is 0 Å². The molecule has 1 aliphatic carbocycles. The van der Waals surface area contributed by atoms with Gasteiger partial charge in [0.2, 0.25) is 11.8 Å². The van der Waals surface area contributed by atoms with E-state index in [1.54, 1.807) is 43.3 Å². The van der Waals surface area contributed by atoms with Crippen molar-refractivity contribution in [1.29, 1.82) is 0 Å². The molecule has 0 saturated heterocycles. The van der Waals surface area contributed by atoms with Crippen LogP contribution in [-0.2, 0) is 26.2 Å². The Labute approximate surface area is 273 Å². The fourth-order valence-corrected chi connectivity index (χ4v) is 7.44. The second-order valence-electron chi connectivity index (χ2n) is 10.4. The molecule has 0 bridgehead atoms. The van der Waals surface area contributed by atoms with E-state index in [2.05, 4.69) is 5.32 Å². The number of carbonyl (C=O) groups is 2. The first-order chi connectivity index (χ1) is 20.5. The van der Waals surface area contributed by atoms with E-state index in [0.717, 1.165) is 36.4 Å². The summed E-state index contributed by atoms with van der Waals surface area (Å²) in [7, 11) is -4.26. The van der Waals surface area contributed by atoms with E-state index in [1.807, 2.05) is 0 Å². The third-order valence-electron chi connectivity index (χ3n) is 7.50. The lowest BCUT2D eigenvalue weighted by Crippen LogP contribution is -2.54. The van der Waals surface area contributed by atoms with Crippen molar-refractivity contribution >= 4 is 73.9 Å². The molecule has 1 atom stereocenters. The van der Waals surface area contributed by atoms with Crippen molar-refractivity contribution in [3.63, 3.8) is 0 Å². The molecule has 0 heterocycles. The molecule has 7 nitrogen and oxygen atoms in total. The molecule has 1 saturated carbocycles. The van der Waals surface area contributed by atoms with Crippen LogP contribution in [0.25, 0.3) is 0 Å². The number of hydrogen-bond donors (Lipinski definition) is 1. The van der Waals surface area contributed by atoms with Gasteiger partial charge in [0.25, 0.3) is 10.0 Å². The van der Waals surface area contributed by atoms with Gasteiger partial charge in [0.15, 0.2) is 0 Å². The Kier molecular flexibility index (Phi) is 11.6. The molecule has 1 fully saturated rings. The molecule has 0 aliphatic heterocycles. The van der Waals surface area contributed by atoms with Gasteiger partial charge < -0.3 is 10.2 Å². The molecular formula is C31H33Cl4N3O4S. The number of sulfonamides is 1. The number of nitrogens with one attached hydrogen (secondary N) is 1. The zero-order valence-electron chi connectivity index (χ0n) is 23.6. The number of nitrogens with zero attached hydrogens (tertiary/aromatic N) is 2. The molecule has 2 amide bonds. The van der Waals surface area contributed by atoms with E-state index in [1.165, 1.54) is 35.2 Å². The van der Waals surface area contributed by atoms with Crippen molar-refractivity contribution in [2.75, 3.05) is 10.8 Å². The van der Waals surface area contributed by atoms with Crippen LogP contribution in [0.2, 0.25) is 20.1 Å². The number of hydrogen-bond acceptors (Lipinski definition) is 4. The van der Waals surface area contributed by atoms with Gasteiger partial charge in [-0.1, -0.05) is 84.7 Å². The summed E-state index contributed by atoms with van der Waals surface area (Å²) in [6.07, 6.45) is 5.20. The Bertz CT molecular complexity index is 1530. The van der Waals surface area contributed by atoms with Gasteiger partial charge in [0.1, 0.15) is 12.6 Å². The minimum Gasteiger partial charge on any atom is -0.352 e. The van der Waals surface area contributed by atoms with Gasteiger partial charge in [-0.25, -0.2) is 8.42 Å². The van der Waals surface area contributed by atoms with Crippen molar-refractivity contribution in [3.8, 4) is 0 Å². The van der Waals surface area contributed by atoms with Gasteiger partial charge >= 0.3 is 0 Å². The molecule has 230 valence electrons. The number of benzene rings is 3. The van der Waals surface area contributed by atoms with Crippen molar-refractivity contribution in [1.82, 2.24) is 10.2 Å². The van der Waals surface area contributed by atoms with E-state index < -0.39 is 28.5 Å². The molecule has 4 rings (SSSR count). The molecule has 43 heavy (non-hydrogen) atoms. The van der Waals surface area contributed by atoms with E-state index >= 15 is 0 Å². The van der Waals surface area contributed by atoms with Gasteiger partial charge in [0.05, 0.1) is 10.6 Å². The summed E-state index contributed by atoms with van der Waals surface area (Å²) in [5, 5.41) is 4.42. The third-order valence-corrected chi connectivity index (χ3v) is 10.5. The van der Waals surface area contributed by atoms with Crippen LogP contribution in [0.1, 0.15) is 51.0 Å². The number of anilines is 1. The summed E-state index contributed by atoms with van der Waals surface area (Å²) >= 11 is 25.2. The van der Waals surface area contributed by atoms with Crippen LogP contribution in [0.3, 0.4) is 0 Å². The highest BCUT2D eigenvalue weighted by Gasteiger charge is 2.35. The van der Waals surface area contributed by atoms with Gasteiger partial charge in [0, 0.05) is 38.2 Å². The summed E-state index contributed by atoms with van der Waals surface area (Å²) in [5.74, 6) is -0.917. The van der Waals surface area contributed by atoms with Crippen LogP contribution in [-0.4, -0.2) is 43.8 Å². The number of amides is 2. The van der Waals surface area contributed by atoms with Gasteiger partial charge in [-0.05, 0) is 73.9 Å². The molecule has 12 heteroatoms. The maximum atomic E-state index is 14.3. The zero-order chi connectivity index (χ0) is 31.1. The summed E-state index contributed by atoms with van der Waals surface area (Å²) in [5.41, 5.74) is 0.643. The van der Waals surface area contributed by atoms with Gasteiger partial charge in [-0.2, -0.15) is 0 Å². The normalized spacial score (nSPS) is 14.6. The molecule has 3 aromatic carbocycles. The Morgan fingerprint density at radius 2 is 1.51 bits per heavy atom. The fourth-order valence-electron chi connectivity index (χ4n) is 5.21. The Hall–Kier alpha value is -2.49. The summed E-state index contributed by atoms with van der Waals surface area (Å²) in [6, 6.07) is 16.0. The smallest absolute Gasteiger partial charge is 0.264 e. The van der Waals surface area contributed by atoms with E-state index in [-0.39, 0.29) is 35.5 Å². The van der Waals surface area contributed by atoms with Crippen LogP contribution in [0.4, 0.5) is 5.69 Å². The van der Waals surface area contributed by atoms with Crippen LogP contribution in [0.5, 0.6) is 0 Å². The average molecular weight is 686 g/mol. The van der Waals surface area contributed by atoms with Crippen molar-refractivity contribution in [2.45, 2.75) is 69.0 Å². The van der Waals surface area contributed by atoms with Crippen molar-refractivity contribution in [3.05, 3.63) is 92.4 Å². The van der Waals surface area contributed by atoms with Crippen LogP contribution in [0.15, 0.2) is 71.6 Å². The van der Waals surface area contributed by atoms with Crippen LogP contribution < -0.4 is 9.62 Å². The van der Waals surface area contributed by atoms with Gasteiger partial charge in [-0.3, -0.25) is 13.9 Å². The Morgan fingerprint density at radius 1 is 0.884 bits per heavy atom. The predicted octanol–water partition coefficient (Wildman–Crippen LogP) is 7.75. The predicted molar refractivity (Wildman–Crippen MR) is 174 cm³/mol. The topological polar surface area (TPSA) is 86.8 Å². The quantitative estimate of drug-likeness (QED) is 0.224. The van der Waals surface area contributed by atoms with E-state index in [9.17, 15) is 18.0 Å². The van der Waals surface area contributed by atoms with Gasteiger partial charge in [-0.15, -0.1) is 0 Å². The number of halogens is 4. The lowest BCUT2D eigenvalue weighted by molar-refractivity contribution is -0.140. The molecule has 1 N–H and O–H groups in total. The van der Waals surface area contributed by atoms with Crippen LogP contribution in [0, 0.1) is 0 Å². The zero-order valence-corrected chi connectivity index (χ0v) is 27.5. The standard InChI is InChI=1S/C31H33Cl4N3O4S/c1-2-29(31(40)36-23-9-4-3-5-10-23)37(19-26-27(34)12-7-13-28(26)35)30(39)20-38(24-11-6-8-22(33)18-24)43(41,42)25-16-14-21(32)15-17-25/h6-8,11-18,23,29H,2-5,9-10,19-20H2,1H3,(H,36,40)/t29-/m0/s1. The van der Waals surface area contributed by atoms with Crippen molar-refractivity contribution < 1.29 is 18.0 Å². The molecular weight excluding hydrogens is 652 g/mol. The highest BCUT2D eigenvalue weighted by Crippen LogP contribution is 2.30. The fraction of sp³-hybridized carbons (Fsp3) is 0.355. The summed E-state index contributed by atoms with van der Waals surface area (Å²) < 4.78 is 28.9. The molecule has 0 aromatic heterocycles. The molecule has 3 aromatic rings. The first-order valence-electron chi connectivity index (χ1n) is 14.1. The summed E-state index contributed by atoms with van der Waals surface area (Å²) in [6.45, 7) is 1.09. The maximum absolute atomic E-state index is 14.3. The Morgan fingerprint density at radius 3 is 2.12 bits per heavy atom.